The van der Waals surface area contributed by atoms with Gasteiger partial charge in [0.05, 0.1) is 0 Å². The van der Waals surface area contributed by atoms with Crippen LogP contribution in [0, 0.1) is 6.15 Å². The quantitative estimate of drug-likeness (QED) is 0.417. The molecule has 0 rings (SSSR count). The molecular weight excluding hydrogens is 92.3 g/mol. The van der Waals surface area contributed by atoms with Crippen LogP contribution in [0.3, 0.4) is 0 Å². The zero-order chi connectivity index (χ0) is 3.58. The second kappa shape index (κ2) is 4.06. The van der Waals surface area contributed by atoms with Gasteiger partial charge in [0.2, 0.25) is 0 Å². The molecule has 0 aromatic heterocycles. The fourth-order valence-corrected chi connectivity index (χ4v) is 0. The molecule has 5 heavy (non-hydrogen) atoms. The van der Waals surface area contributed by atoms with E-state index in [1.54, 1.807) is 12.5 Å². The molecule has 0 bridgehead atoms. The molecule has 0 aliphatic heterocycles. The van der Waals surface area contributed by atoms with Crippen molar-refractivity contribution < 1.29 is 10.4 Å². The molecular formula is C2H6NeOS. The van der Waals surface area contributed by atoms with Gasteiger partial charge >= 0.3 is 0 Å². The molecule has 0 unspecified atom stereocenters. The molecule has 0 N–H and O–H groups in total. The Hall–Kier alpha value is 0.0591. The monoisotopic (exact) mass is 98.0 g/mol. The van der Waals surface area contributed by atoms with Crippen molar-refractivity contribution in [2.24, 2.45) is 0 Å². The van der Waals surface area contributed by atoms with E-state index < -0.39 is 10.8 Å². The summed E-state index contributed by atoms with van der Waals surface area (Å²) in [6.07, 6.45) is 3.28. The predicted octanol–water partition coefficient (Wildman–Crippen LogP) is -0.00530. The van der Waals surface area contributed by atoms with Crippen LogP contribution in [0.4, 0.5) is 0 Å². The van der Waals surface area contributed by atoms with Gasteiger partial charge in [0, 0.05) is 29.5 Å². The van der Waals surface area contributed by atoms with Gasteiger partial charge in [-0.15, -0.1) is 0 Å². The third-order valence-corrected chi connectivity index (χ3v) is 0. The Morgan fingerprint density at radius 1 is 1.40 bits per heavy atom. The molecule has 3 heteroatoms. The SMILES string of the molecule is CS(C)=O.[Ne]. The topological polar surface area (TPSA) is 17.1 Å². The van der Waals surface area contributed by atoms with Crippen LogP contribution in [0.5, 0.6) is 0 Å². The minimum atomic E-state index is -0.611. The molecule has 0 aliphatic rings. The van der Waals surface area contributed by atoms with Crippen molar-refractivity contribution in [1.29, 1.82) is 0 Å². The molecule has 0 saturated carbocycles. The Labute approximate surface area is 34.6 Å². The van der Waals surface area contributed by atoms with Crippen molar-refractivity contribution in [3.8, 4) is 0 Å². The van der Waals surface area contributed by atoms with Crippen LogP contribution in [0.1, 0.15) is 0 Å². The summed E-state index contributed by atoms with van der Waals surface area (Å²) in [6, 6.07) is 0. The largest absolute Gasteiger partial charge is 0.260 e. The van der Waals surface area contributed by atoms with Crippen molar-refractivity contribution in [2.75, 3.05) is 12.5 Å². The van der Waals surface area contributed by atoms with Crippen molar-refractivity contribution in [3.63, 3.8) is 0 Å². The maximum absolute atomic E-state index is 9.56. The Morgan fingerprint density at radius 3 is 1.40 bits per heavy atom. The van der Waals surface area contributed by atoms with Gasteiger partial charge in [0.15, 0.2) is 0 Å². The number of hydrogen-bond donors (Lipinski definition) is 0. The van der Waals surface area contributed by atoms with Gasteiger partial charge < -0.3 is 0 Å². The first-order valence-electron chi connectivity index (χ1n) is 0.983. The van der Waals surface area contributed by atoms with Gasteiger partial charge in [0.1, 0.15) is 0 Å². The van der Waals surface area contributed by atoms with Gasteiger partial charge in [0.25, 0.3) is 0 Å². The second-order valence-corrected chi connectivity index (χ2v) is 2.22. The van der Waals surface area contributed by atoms with Crippen LogP contribution in [0.2, 0.25) is 0 Å². The average molecular weight is 98.3 g/mol. The minimum absolute atomic E-state index is 0. The Bertz CT molecular complexity index is 32.6. The molecule has 34 valence electrons. The normalized spacial score (nSPS) is 7.00. The molecule has 0 aliphatic carbocycles. The first kappa shape index (κ1) is 8.91. The minimum Gasteiger partial charge on any atom is -0.260 e. The van der Waals surface area contributed by atoms with Crippen molar-refractivity contribution in [1.82, 2.24) is 0 Å². The summed E-state index contributed by atoms with van der Waals surface area (Å²) >= 11 is 0. The van der Waals surface area contributed by atoms with E-state index in [1.165, 1.54) is 0 Å². The molecule has 0 saturated heterocycles. The summed E-state index contributed by atoms with van der Waals surface area (Å²) in [5.41, 5.74) is 0. The van der Waals surface area contributed by atoms with Crippen molar-refractivity contribution in [2.45, 2.75) is 0 Å². The molecule has 0 amide bonds. The maximum atomic E-state index is 9.56. The molecule has 0 atom stereocenters. The first-order chi connectivity index (χ1) is 1.73. The van der Waals surface area contributed by atoms with Gasteiger partial charge in [-0.2, -0.15) is 0 Å². The van der Waals surface area contributed by atoms with E-state index in [9.17, 15) is 4.21 Å². The zero-order valence-corrected chi connectivity index (χ0v) is 3.99. The van der Waals surface area contributed by atoms with E-state index in [0.29, 0.717) is 0 Å². The van der Waals surface area contributed by atoms with E-state index in [4.69, 9.17) is 0 Å². The summed E-state index contributed by atoms with van der Waals surface area (Å²) < 4.78 is 9.56. The molecule has 0 aromatic rings. The number of rotatable bonds is 0. The van der Waals surface area contributed by atoms with E-state index in [0.717, 1.165) is 0 Å². The predicted molar refractivity (Wildman–Crippen MR) is 20.0 cm³/mol. The van der Waals surface area contributed by atoms with Crippen LogP contribution < -0.4 is 0 Å². The van der Waals surface area contributed by atoms with Crippen LogP contribution in [0.15, 0.2) is 0 Å². The standard InChI is InChI=1S/C2H6OS.Ne/c1-4(2)3;/h1-2H3;. The van der Waals surface area contributed by atoms with Crippen molar-refractivity contribution >= 4 is 10.8 Å². The van der Waals surface area contributed by atoms with E-state index >= 15 is 0 Å². The molecule has 0 aromatic carbocycles. The molecule has 0 fully saturated rings. The van der Waals surface area contributed by atoms with E-state index in [1.807, 2.05) is 0 Å². The van der Waals surface area contributed by atoms with Gasteiger partial charge in [-0.25, -0.2) is 0 Å². The Morgan fingerprint density at radius 2 is 1.40 bits per heavy atom. The number of hydrogen-bond acceptors (Lipinski definition) is 1. The fourth-order valence-electron chi connectivity index (χ4n) is 0. The second-order valence-electron chi connectivity index (χ2n) is 0.742. The summed E-state index contributed by atoms with van der Waals surface area (Å²) in [5, 5.41) is 0. The molecule has 0 spiro atoms. The average Bonchev–Trinajstić information content (AvgIpc) is 0.811. The summed E-state index contributed by atoms with van der Waals surface area (Å²) in [4.78, 5) is 0. The van der Waals surface area contributed by atoms with Crippen LogP contribution in [0.25, 0.3) is 0 Å². The smallest absolute Gasteiger partial charge is 0.0148 e. The summed E-state index contributed by atoms with van der Waals surface area (Å²) in [5.74, 6) is 0. The van der Waals surface area contributed by atoms with Crippen molar-refractivity contribution in [3.05, 3.63) is 0 Å². The summed E-state index contributed by atoms with van der Waals surface area (Å²) in [6.45, 7) is 0. The Kier molecular flexibility index (Phi) is 7.23. The summed E-state index contributed by atoms with van der Waals surface area (Å²) in [7, 11) is -0.611. The Balaban J connectivity index is 0. The molecule has 0 heterocycles. The van der Waals surface area contributed by atoms with Crippen LogP contribution >= 0.6 is 0 Å². The molecule has 0 radical (unpaired) electrons. The van der Waals surface area contributed by atoms with Crippen LogP contribution in [-0.4, -0.2) is 16.7 Å². The third kappa shape index (κ3) is 4930. The first-order valence-corrected chi connectivity index (χ1v) is 2.95. The zero-order valence-electron chi connectivity index (χ0n) is 3.17. The van der Waals surface area contributed by atoms with E-state index in [2.05, 4.69) is 0 Å². The third-order valence-electron chi connectivity index (χ3n) is 0. The van der Waals surface area contributed by atoms with Gasteiger partial charge in [-0.1, -0.05) is 0 Å². The maximum Gasteiger partial charge on any atom is 0.0148 e. The van der Waals surface area contributed by atoms with Gasteiger partial charge in [-0.3, -0.25) is 4.21 Å². The fraction of sp³-hybridized carbons (Fsp3) is 1.00. The van der Waals surface area contributed by atoms with Crippen LogP contribution in [-0.2, 0) is 10.8 Å². The van der Waals surface area contributed by atoms with Gasteiger partial charge in [-0.05, 0) is 0 Å². The molecule has 1 nitrogen and oxygen atoms in total. The van der Waals surface area contributed by atoms with E-state index in [-0.39, 0.29) is 6.15 Å².